The molecule has 6 nitrogen and oxygen atoms in total. The van der Waals surface area contributed by atoms with Gasteiger partial charge >= 0.3 is 0 Å². The number of nitrogens with one attached hydrogen (secondary N) is 2. The first-order chi connectivity index (χ1) is 28.4. The highest BCUT2D eigenvalue weighted by Gasteiger charge is 2.26. The standard InChI is InChI=1S/C52H52N6/c1-4-5-6-7-8-14-28-48(44-25-19-23-42(36-44)43-24-20-26-45(37-43)51(56-39-53)55-38-40-21-12-11-13-22-40)57-50(54)41-30-32-46(33-31-41)58-35-18-10-9-17-34-52(2,3)47-27-15-16-29-49(47)58/h4-23,26-30,32,34-39,43-44,53-54H,1,24-25,31,33H2,2-3H3/b6-5-,8-7+,10-9-,28-14+,34-17+,35-18+,53-39?,54-50?,55-38+,56-51-,57-48+. The second kappa shape index (κ2) is 20.4. The van der Waals surface area contributed by atoms with Gasteiger partial charge < -0.3 is 4.90 Å². The number of amidine groups is 2. The van der Waals surface area contributed by atoms with Crippen molar-refractivity contribution in [2.75, 3.05) is 4.90 Å². The van der Waals surface area contributed by atoms with Crippen molar-refractivity contribution in [3.63, 3.8) is 0 Å². The summed E-state index contributed by atoms with van der Waals surface area (Å²) in [6.07, 6.45) is 49.5. The number of allylic oxidation sites excluding steroid dienone is 21. The molecule has 6 heteroatoms. The molecule has 2 aromatic rings. The number of fused-ring (bicyclic) bond motifs is 1. The molecule has 6 rings (SSSR count). The lowest BCUT2D eigenvalue weighted by Gasteiger charge is -2.32. The molecule has 0 fully saturated rings. The molecule has 3 aliphatic carbocycles. The first-order valence-electron chi connectivity index (χ1n) is 19.9. The van der Waals surface area contributed by atoms with Crippen LogP contribution in [0.4, 0.5) is 5.69 Å². The summed E-state index contributed by atoms with van der Waals surface area (Å²) in [5, 5.41) is 16.9. The summed E-state index contributed by atoms with van der Waals surface area (Å²) in [6, 6.07) is 18.5. The zero-order chi connectivity index (χ0) is 40.6. The van der Waals surface area contributed by atoms with Gasteiger partial charge in [-0.1, -0.05) is 172 Å². The molecule has 1 aliphatic heterocycles. The van der Waals surface area contributed by atoms with E-state index in [2.05, 4.69) is 139 Å². The topological polar surface area (TPSA) is 88.0 Å². The fourth-order valence-electron chi connectivity index (χ4n) is 7.25. The maximum atomic E-state index is 9.26. The Labute approximate surface area is 344 Å². The maximum absolute atomic E-state index is 9.26. The summed E-state index contributed by atoms with van der Waals surface area (Å²) >= 11 is 0. The predicted molar refractivity (Wildman–Crippen MR) is 248 cm³/mol. The Hall–Kier alpha value is -6.79. The highest BCUT2D eigenvalue weighted by Crippen LogP contribution is 2.38. The average Bonchev–Trinajstić information content (AvgIpc) is 3.26. The number of para-hydroxylation sites is 1. The highest BCUT2D eigenvalue weighted by molar-refractivity contribution is 6.11. The van der Waals surface area contributed by atoms with Gasteiger partial charge in [-0.2, -0.15) is 0 Å². The molecular formula is C52H52N6. The number of benzene rings is 2. The van der Waals surface area contributed by atoms with E-state index in [1.807, 2.05) is 72.9 Å². The lowest BCUT2D eigenvalue weighted by molar-refractivity contribution is 0.668. The average molecular weight is 761 g/mol. The van der Waals surface area contributed by atoms with Crippen molar-refractivity contribution in [1.82, 2.24) is 0 Å². The quantitative estimate of drug-likeness (QED) is 0.133. The van der Waals surface area contributed by atoms with E-state index in [-0.39, 0.29) is 23.1 Å². The Morgan fingerprint density at radius 3 is 2.43 bits per heavy atom. The van der Waals surface area contributed by atoms with Gasteiger partial charge in [-0.05, 0) is 72.3 Å². The minimum atomic E-state index is -0.150. The van der Waals surface area contributed by atoms with Gasteiger partial charge in [0.05, 0.1) is 5.71 Å². The SMILES string of the molecule is C=C\C=C/C=C/C=C/C(=N\C(=N)C1=CC=C(N2/C=C/C=C\C=C\C(C)(C)c3ccccc32)CC1)C1C=C(C2C=C(C(=N/C=N)/N=C/c3ccccc3)C=CC2)C=CC1. The molecule has 0 saturated carbocycles. The number of anilines is 1. The van der Waals surface area contributed by atoms with Crippen molar-refractivity contribution in [3.8, 4) is 0 Å². The van der Waals surface area contributed by atoms with Crippen molar-refractivity contribution < 1.29 is 0 Å². The maximum Gasteiger partial charge on any atom is 0.160 e. The summed E-state index contributed by atoms with van der Waals surface area (Å²) in [5.74, 6) is 0.876. The van der Waals surface area contributed by atoms with Crippen molar-refractivity contribution in [2.24, 2.45) is 26.8 Å². The zero-order valence-corrected chi connectivity index (χ0v) is 33.5. The minimum absolute atomic E-state index is 0.0151. The fourth-order valence-corrected chi connectivity index (χ4v) is 7.25. The molecule has 290 valence electrons. The van der Waals surface area contributed by atoms with Crippen LogP contribution in [0.5, 0.6) is 0 Å². The first kappa shape index (κ1) is 40.9. The minimum Gasteiger partial charge on any atom is -0.321 e. The van der Waals surface area contributed by atoms with Crippen LogP contribution in [-0.4, -0.2) is 29.9 Å². The zero-order valence-electron chi connectivity index (χ0n) is 33.5. The molecule has 2 atom stereocenters. The number of hydrogen-bond donors (Lipinski definition) is 2. The predicted octanol–water partition coefficient (Wildman–Crippen LogP) is 12.4. The molecule has 2 aromatic carbocycles. The lowest BCUT2D eigenvalue weighted by atomic mass is 9.82. The largest absolute Gasteiger partial charge is 0.321 e. The van der Waals surface area contributed by atoms with Gasteiger partial charge in [0.1, 0.15) is 12.2 Å². The number of nitrogens with zero attached hydrogens (tertiary/aromatic N) is 4. The summed E-state index contributed by atoms with van der Waals surface area (Å²) < 4.78 is 0. The monoisotopic (exact) mass is 760 g/mol. The van der Waals surface area contributed by atoms with E-state index in [0.717, 1.165) is 53.7 Å². The molecular weight excluding hydrogens is 709 g/mol. The van der Waals surface area contributed by atoms with E-state index >= 15 is 0 Å². The van der Waals surface area contributed by atoms with Crippen LogP contribution in [0.3, 0.4) is 0 Å². The van der Waals surface area contributed by atoms with E-state index in [1.165, 1.54) is 16.8 Å². The van der Waals surface area contributed by atoms with Crippen LogP contribution < -0.4 is 4.90 Å². The summed E-state index contributed by atoms with van der Waals surface area (Å²) in [7, 11) is 0. The third-order valence-electron chi connectivity index (χ3n) is 10.3. The summed E-state index contributed by atoms with van der Waals surface area (Å²) in [6.45, 7) is 8.25. The van der Waals surface area contributed by atoms with Crippen molar-refractivity contribution >= 4 is 35.6 Å². The molecule has 0 aromatic heterocycles. The highest BCUT2D eigenvalue weighted by atomic mass is 15.1. The Kier molecular flexibility index (Phi) is 14.4. The van der Waals surface area contributed by atoms with Crippen molar-refractivity contribution in [1.29, 1.82) is 10.8 Å². The molecule has 58 heavy (non-hydrogen) atoms. The third kappa shape index (κ3) is 10.9. The Morgan fingerprint density at radius 2 is 1.62 bits per heavy atom. The van der Waals surface area contributed by atoms with Crippen LogP contribution in [0.25, 0.3) is 0 Å². The van der Waals surface area contributed by atoms with Crippen molar-refractivity contribution in [3.05, 3.63) is 222 Å². The Morgan fingerprint density at radius 1 is 0.845 bits per heavy atom. The van der Waals surface area contributed by atoms with Crippen LogP contribution in [0.1, 0.15) is 50.7 Å². The van der Waals surface area contributed by atoms with Gasteiger partial charge in [0.15, 0.2) is 5.84 Å². The molecule has 0 amide bonds. The van der Waals surface area contributed by atoms with E-state index in [0.29, 0.717) is 12.3 Å². The molecule has 0 saturated heterocycles. The Bertz CT molecular complexity index is 2320. The van der Waals surface area contributed by atoms with Gasteiger partial charge in [0.2, 0.25) is 0 Å². The molecule has 0 bridgehead atoms. The normalized spacial score (nSPS) is 22.6. The summed E-state index contributed by atoms with van der Waals surface area (Å²) in [4.78, 5) is 16.3. The van der Waals surface area contributed by atoms with Gasteiger partial charge in [-0.3, -0.25) is 10.8 Å². The smallest absolute Gasteiger partial charge is 0.160 e. The van der Waals surface area contributed by atoms with Crippen LogP contribution >= 0.6 is 0 Å². The van der Waals surface area contributed by atoms with Crippen molar-refractivity contribution in [2.45, 2.75) is 44.9 Å². The molecule has 2 N–H and O–H groups in total. The molecule has 0 radical (unpaired) electrons. The summed E-state index contributed by atoms with van der Waals surface area (Å²) in [5.41, 5.74) is 8.22. The van der Waals surface area contributed by atoms with Gasteiger partial charge in [0, 0.05) is 46.6 Å². The number of rotatable bonds is 11. The van der Waals surface area contributed by atoms with Gasteiger partial charge in [-0.15, -0.1) is 0 Å². The van der Waals surface area contributed by atoms with Crippen LogP contribution in [0, 0.1) is 22.7 Å². The first-order valence-corrected chi connectivity index (χ1v) is 19.9. The molecule has 2 unspecified atom stereocenters. The third-order valence-corrected chi connectivity index (χ3v) is 10.3. The van der Waals surface area contributed by atoms with E-state index in [1.54, 1.807) is 12.3 Å². The fraction of sp³-hybridized carbons (Fsp3) is 0.173. The second-order valence-electron chi connectivity index (χ2n) is 14.8. The second-order valence-corrected chi connectivity index (χ2v) is 14.8. The van der Waals surface area contributed by atoms with Gasteiger partial charge in [0.25, 0.3) is 0 Å². The molecule has 0 spiro atoms. The van der Waals surface area contributed by atoms with E-state index in [9.17, 15) is 5.41 Å². The molecule has 4 aliphatic rings. The van der Waals surface area contributed by atoms with Crippen LogP contribution in [-0.2, 0) is 5.41 Å². The number of aliphatic imine (C=N–C) groups is 3. The van der Waals surface area contributed by atoms with Crippen LogP contribution in [0.2, 0.25) is 0 Å². The Balaban J connectivity index is 1.28. The lowest BCUT2D eigenvalue weighted by Crippen LogP contribution is -2.23. The number of hydrogen-bond acceptors (Lipinski definition) is 3. The van der Waals surface area contributed by atoms with E-state index < -0.39 is 0 Å². The van der Waals surface area contributed by atoms with E-state index in [4.69, 9.17) is 10.4 Å². The van der Waals surface area contributed by atoms with Crippen LogP contribution in [0.15, 0.2) is 226 Å². The molecule has 1 heterocycles. The van der Waals surface area contributed by atoms with Gasteiger partial charge in [-0.25, -0.2) is 15.0 Å².